The van der Waals surface area contributed by atoms with Gasteiger partial charge in [-0.25, -0.2) is 4.39 Å². The second-order valence-corrected chi connectivity index (χ2v) is 5.60. The smallest absolute Gasteiger partial charge is 0.311 e. The molecule has 3 nitrogen and oxygen atoms in total. The summed E-state index contributed by atoms with van der Waals surface area (Å²) in [7, 11) is 0. The molecule has 0 atom stereocenters. The highest BCUT2D eigenvalue weighted by Crippen LogP contribution is 2.16. The number of pyridine rings is 1. The second-order valence-electron chi connectivity index (χ2n) is 5.19. The van der Waals surface area contributed by atoms with Crippen LogP contribution >= 0.6 is 11.6 Å². The summed E-state index contributed by atoms with van der Waals surface area (Å²) in [4.78, 5) is 15.3. The third-order valence-corrected chi connectivity index (χ3v) is 3.21. The summed E-state index contributed by atoms with van der Waals surface area (Å²) in [6.45, 7) is 4.75. The predicted molar refractivity (Wildman–Crippen MR) is 77.2 cm³/mol. The molecule has 112 valence electrons. The minimum absolute atomic E-state index is 0.0299. The first kappa shape index (κ1) is 16.9. The van der Waals surface area contributed by atoms with Crippen LogP contribution in [-0.2, 0) is 16.0 Å². The summed E-state index contributed by atoms with van der Waals surface area (Å²) < 4.78 is 18.6. The van der Waals surface area contributed by atoms with Gasteiger partial charge in [-0.05, 0) is 18.4 Å². The van der Waals surface area contributed by atoms with E-state index in [2.05, 4.69) is 18.8 Å². The summed E-state index contributed by atoms with van der Waals surface area (Å²) in [5.41, 5.74) is 0.0299. The lowest BCUT2D eigenvalue weighted by molar-refractivity contribution is -0.143. The van der Waals surface area contributed by atoms with E-state index in [0.29, 0.717) is 12.5 Å². The molecule has 0 amide bonds. The molecule has 0 N–H and O–H groups in total. The molecule has 0 radical (unpaired) electrons. The van der Waals surface area contributed by atoms with Crippen LogP contribution in [0.5, 0.6) is 0 Å². The molecule has 0 saturated carbocycles. The minimum atomic E-state index is -0.650. The topological polar surface area (TPSA) is 39.2 Å². The molecule has 0 bridgehead atoms. The SMILES string of the molecule is CC(C)CCCCCOC(=O)Cc1nccc(Cl)c1F. The zero-order chi connectivity index (χ0) is 15.0. The van der Waals surface area contributed by atoms with Crippen molar-refractivity contribution >= 4 is 17.6 Å². The molecule has 0 aliphatic rings. The molecule has 0 aliphatic carbocycles. The number of aromatic nitrogens is 1. The van der Waals surface area contributed by atoms with Gasteiger partial charge in [0.2, 0.25) is 0 Å². The zero-order valence-electron chi connectivity index (χ0n) is 12.0. The number of hydrogen-bond acceptors (Lipinski definition) is 3. The van der Waals surface area contributed by atoms with Crippen molar-refractivity contribution in [3.05, 3.63) is 28.8 Å². The Morgan fingerprint density at radius 3 is 2.85 bits per heavy atom. The lowest BCUT2D eigenvalue weighted by Crippen LogP contribution is -2.11. The van der Waals surface area contributed by atoms with Crippen LogP contribution in [0.3, 0.4) is 0 Å². The van der Waals surface area contributed by atoms with Crippen LogP contribution in [0.4, 0.5) is 4.39 Å². The van der Waals surface area contributed by atoms with E-state index < -0.39 is 11.8 Å². The number of rotatable bonds is 8. The van der Waals surface area contributed by atoms with Crippen LogP contribution in [0.15, 0.2) is 12.3 Å². The quantitative estimate of drug-likeness (QED) is 0.534. The van der Waals surface area contributed by atoms with Crippen molar-refractivity contribution in [3.63, 3.8) is 0 Å². The molecule has 1 heterocycles. The maximum Gasteiger partial charge on any atom is 0.311 e. The van der Waals surface area contributed by atoms with Crippen molar-refractivity contribution < 1.29 is 13.9 Å². The average molecular weight is 302 g/mol. The number of unbranched alkanes of at least 4 members (excludes halogenated alkanes) is 2. The van der Waals surface area contributed by atoms with Gasteiger partial charge in [-0.2, -0.15) is 0 Å². The van der Waals surface area contributed by atoms with E-state index >= 15 is 0 Å². The van der Waals surface area contributed by atoms with E-state index in [4.69, 9.17) is 16.3 Å². The van der Waals surface area contributed by atoms with E-state index in [-0.39, 0.29) is 17.1 Å². The fourth-order valence-corrected chi connectivity index (χ4v) is 1.95. The molecule has 0 fully saturated rings. The molecular formula is C15H21ClFNO2. The van der Waals surface area contributed by atoms with Gasteiger partial charge in [-0.3, -0.25) is 9.78 Å². The first-order valence-electron chi connectivity index (χ1n) is 6.95. The number of carbonyl (C=O) groups excluding carboxylic acids is 1. The molecule has 20 heavy (non-hydrogen) atoms. The summed E-state index contributed by atoms with van der Waals surface area (Å²) in [5, 5.41) is -0.0310. The Kier molecular flexibility index (Phi) is 7.52. The number of ether oxygens (including phenoxy) is 1. The molecule has 0 aliphatic heterocycles. The monoisotopic (exact) mass is 301 g/mol. The molecule has 0 saturated heterocycles. The maximum atomic E-state index is 13.5. The van der Waals surface area contributed by atoms with Crippen molar-refractivity contribution in [2.45, 2.75) is 46.0 Å². The molecule has 5 heteroatoms. The number of nitrogens with zero attached hydrogens (tertiary/aromatic N) is 1. The number of carbonyl (C=O) groups is 1. The average Bonchev–Trinajstić information content (AvgIpc) is 2.39. The highest BCUT2D eigenvalue weighted by molar-refractivity contribution is 6.30. The molecule has 0 unspecified atom stereocenters. The van der Waals surface area contributed by atoms with E-state index in [0.717, 1.165) is 19.3 Å². The van der Waals surface area contributed by atoms with Crippen LogP contribution in [0.25, 0.3) is 0 Å². The molecule has 1 rings (SSSR count). The minimum Gasteiger partial charge on any atom is -0.465 e. The third kappa shape index (κ3) is 6.33. The first-order valence-corrected chi connectivity index (χ1v) is 7.33. The van der Waals surface area contributed by atoms with E-state index in [1.807, 2.05) is 0 Å². The van der Waals surface area contributed by atoms with Gasteiger partial charge >= 0.3 is 5.97 Å². The van der Waals surface area contributed by atoms with Crippen molar-refractivity contribution in [2.24, 2.45) is 5.92 Å². The highest BCUT2D eigenvalue weighted by Gasteiger charge is 2.13. The second kappa shape index (κ2) is 8.90. The Balaban J connectivity index is 2.22. The van der Waals surface area contributed by atoms with Gasteiger partial charge in [0.05, 0.1) is 23.7 Å². The van der Waals surface area contributed by atoms with Crippen molar-refractivity contribution in [1.29, 1.82) is 0 Å². The van der Waals surface area contributed by atoms with Crippen molar-refractivity contribution in [1.82, 2.24) is 4.98 Å². The third-order valence-electron chi connectivity index (χ3n) is 2.91. The summed E-state index contributed by atoms with van der Waals surface area (Å²) >= 11 is 5.62. The summed E-state index contributed by atoms with van der Waals surface area (Å²) in [5.74, 6) is -0.417. The normalized spacial score (nSPS) is 10.8. The Bertz CT molecular complexity index is 438. The highest BCUT2D eigenvalue weighted by atomic mass is 35.5. The van der Waals surface area contributed by atoms with Gasteiger partial charge < -0.3 is 4.74 Å². The zero-order valence-corrected chi connectivity index (χ0v) is 12.8. The predicted octanol–water partition coefficient (Wildman–Crippen LogP) is 4.18. The van der Waals surface area contributed by atoms with E-state index in [9.17, 15) is 9.18 Å². The number of hydrogen-bond donors (Lipinski definition) is 0. The molecule has 1 aromatic rings. The molecule has 0 spiro atoms. The first-order chi connectivity index (χ1) is 9.50. The van der Waals surface area contributed by atoms with Crippen molar-refractivity contribution in [2.75, 3.05) is 6.61 Å². The number of halogens is 2. The van der Waals surface area contributed by atoms with Gasteiger partial charge in [-0.15, -0.1) is 0 Å². The van der Waals surface area contributed by atoms with Gasteiger partial charge in [0.25, 0.3) is 0 Å². The molecule has 1 aromatic heterocycles. The van der Waals surface area contributed by atoms with Gasteiger partial charge in [-0.1, -0.05) is 44.7 Å². The molecule has 0 aromatic carbocycles. The van der Waals surface area contributed by atoms with Crippen LogP contribution in [-0.4, -0.2) is 17.6 Å². The van der Waals surface area contributed by atoms with Gasteiger partial charge in [0.1, 0.15) is 0 Å². The van der Waals surface area contributed by atoms with E-state index in [1.165, 1.54) is 18.7 Å². The van der Waals surface area contributed by atoms with Crippen LogP contribution in [0.2, 0.25) is 5.02 Å². The number of esters is 1. The molecular weight excluding hydrogens is 281 g/mol. The fraction of sp³-hybridized carbons (Fsp3) is 0.600. The van der Waals surface area contributed by atoms with Crippen LogP contribution < -0.4 is 0 Å². The summed E-state index contributed by atoms with van der Waals surface area (Å²) in [6.07, 6.45) is 5.39. The summed E-state index contributed by atoms with van der Waals surface area (Å²) in [6, 6.07) is 1.35. The lowest BCUT2D eigenvalue weighted by Gasteiger charge is -2.06. The lowest BCUT2D eigenvalue weighted by atomic mass is 10.1. The maximum absolute atomic E-state index is 13.5. The Morgan fingerprint density at radius 1 is 1.40 bits per heavy atom. The fourth-order valence-electron chi connectivity index (χ4n) is 1.79. The van der Waals surface area contributed by atoms with Crippen molar-refractivity contribution in [3.8, 4) is 0 Å². The van der Waals surface area contributed by atoms with Gasteiger partial charge in [0.15, 0.2) is 5.82 Å². The Labute approximate surface area is 124 Å². The van der Waals surface area contributed by atoms with Crippen LogP contribution in [0, 0.1) is 11.7 Å². The standard InChI is InChI=1S/C15H21ClFNO2/c1-11(2)6-4-3-5-9-20-14(19)10-13-15(17)12(16)7-8-18-13/h7-8,11H,3-6,9-10H2,1-2H3. The Hall–Kier alpha value is -1.16. The Morgan fingerprint density at radius 2 is 2.15 bits per heavy atom. The van der Waals surface area contributed by atoms with E-state index in [1.54, 1.807) is 0 Å². The largest absolute Gasteiger partial charge is 0.465 e. The van der Waals surface area contributed by atoms with Crippen LogP contribution in [0.1, 0.15) is 45.2 Å². The van der Waals surface area contributed by atoms with Gasteiger partial charge in [0, 0.05) is 6.20 Å².